The zero-order chi connectivity index (χ0) is 13.7. The zero-order valence-corrected chi connectivity index (χ0v) is 11.4. The Morgan fingerprint density at radius 1 is 1.33 bits per heavy atom. The molecule has 1 rings (SSSR count). The summed E-state index contributed by atoms with van der Waals surface area (Å²) in [6.07, 6.45) is -0.658. The molecule has 0 aliphatic rings. The summed E-state index contributed by atoms with van der Waals surface area (Å²) in [5.41, 5.74) is 2.77. The number of carbonyl (C=O) groups excluding carboxylic acids is 1. The third kappa shape index (κ3) is 4.13. The number of aliphatic hydroxyl groups is 1. The minimum absolute atomic E-state index is 0.0862. The highest BCUT2D eigenvalue weighted by Gasteiger charge is 2.15. The molecule has 4 heteroatoms. The van der Waals surface area contributed by atoms with Crippen molar-refractivity contribution in [1.82, 2.24) is 4.90 Å². The van der Waals surface area contributed by atoms with Gasteiger partial charge in [-0.3, -0.25) is 4.79 Å². The van der Waals surface area contributed by atoms with Gasteiger partial charge in [-0.05, 0) is 26.0 Å². The Morgan fingerprint density at radius 2 is 1.89 bits per heavy atom. The van der Waals surface area contributed by atoms with Crippen LogP contribution in [0.4, 0.5) is 0 Å². The van der Waals surface area contributed by atoms with Gasteiger partial charge in [-0.1, -0.05) is 17.2 Å². The van der Waals surface area contributed by atoms with Crippen LogP contribution in [0, 0.1) is 13.8 Å². The molecule has 0 aromatic heterocycles. The Morgan fingerprint density at radius 3 is 2.39 bits per heavy atom. The van der Waals surface area contributed by atoms with Gasteiger partial charge >= 0.3 is 0 Å². The summed E-state index contributed by atoms with van der Waals surface area (Å²) in [4.78, 5) is 13.7. The maximum atomic E-state index is 12.2. The zero-order valence-electron chi connectivity index (χ0n) is 11.4. The predicted molar refractivity (Wildman–Crippen MR) is 70.8 cm³/mol. The van der Waals surface area contributed by atoms with E-state index in [4.69, 9.17) is 4.74 Å². The molecule has 1 aromatic carbocycles. The quantitative estimate of drug-likeness (QED) is 0.860. The first-order valence-electron chi connectivity index (χ1n) is 5.94. The fourth-order valence-electron chi connectivity index (χ4n) is 1.96. The number of nitrogens with zero attached hydrogens (tertiary/aromatic N) is 1. The molecular formula is C14H21NO3. The van der Waals surface area contributed by atoms with Crippen LogP contribution in [0.1, 0.15) is 21.5 Å². The normalized spacial score (nSPS) is 12.3. The van der Waals surface area contributed by atoms with Crippen molar-refractivity contribution < 1.29 is 14.6 Å². The number of benzene rings is 1. The monoisotopic (exact) mass is 251 g/mol. The van der Waals surface area contributed by atoms with Gasteiger partial charge in [0.1, 0.15) is 0 Å². The number of aryl methyl sites for hydroxylation is 2. The van der Waals surface area contributed by atoms with Gasteiger partial charge in [0.2, 0.25) is 0 Å². The van der Waals surface area contributed by atoms with Crippen molar-refractivity contribution in [1.29, 1.82) is 0 Å². The third-order valence-electron chi connectivity index (χ3n) is 2.66. The van der Waals surface area contributed by atoms with Crippen LogP contribution in [0.3, 0.4) is 0 Å². The largest absolute Gasteiger partial charge is 0.389 e. The minimum Gasteiger partial charge on any atom is -0.389 e. The second-order valence-electron chi connectivity index (χ2n) is 4.67. The van der Waals surface area contributed by atoms with Crippen LogP contribution in [0.5, 0.6) is 0 Å². The number of methoxy groups -OCH3 is 1. The topological polar surface area (TPSA) is 49.8 Å². The third-order valence-corrected chi connectivity index (χ3v) is 2.66. The molecule has 0 bridgehead atoms. The van der Waals surface area contributed by atoms with Crippen LogP contribution < -0.4 is 0 Å². The van der Waals surface area contributed by atoms with Crippen LogP contribution in [0.2, 0.25) is 0 Å². The molecule has 1 aromatic rings. The van der Waals surface area contributed by atoms with Gasteiger partial charge in [0.15, 0.2) is 0 Å². The Bertz CT molecular complexity index is 397. The first kappa shape index (κ1) is 14.7. The highest BCUT2D eigenvalue weighted by Crippen LogP contribution is 2.11. The van der Waals surface area contributed by atoms with Gasteiger partial charge in [-0.25, -0.2) is 0 Å². The summed E-state index contributed by atoms with van der Waals surface area (Å²) >= 11 is 0. The van der Waals surface area contributed by atoms with E-state index in [0.29, 0.717) is 5.56 Å². The number of ether oxygens (including phenoxy) is 1. The molecule has 0 aliphatic carbocycles. The van der Waals surface area contributed by atoms with E-state index >= 15 is 0 Å². The van der Waals surface area contributed by atoms with Crippen LogP contribution >= 0.6 is 0 Å². The molecule has 18 heavy (non-hydrogen) atoms. The van der Waals surface area contributed by atoms with Gasteiger partial charge in [-0.15, -0.1) is 0 Å². The summed E-state index contributed by atoms with van der Waals surface area (Å²) < 4.78 is 4.84. The molecular weight excluding hydrogens is 230 g/mol. The van der Waals surface area contributed by atoms with Crippen molar-refractivity contribution >= 4 is 5.91 Å². The maximum Gasteiger partial charge on any atom is 0.253 e. The van der Waals surface area contributed by atoms with Crippen LogP contribution in [0.15, 0.2) is 18.2 Å². The Balaban J connectivity index is 2.74. The molecule has 100 valence electrons. The van der Waals surface area contributed by atoms with Crippen LogP contribution in [0.25, 0.3) is 0 Å². The summed E-state index contributed by atoms with van der Waals surface area (Å²) in [5.74, 6) is -0.0862. The van der Waals surface area contributed by atoms with Crippen molar-refractivity contribution in [3.63, 3.8) is 0 Å². The molecule has 0 radical (unpaired) electrons. The molecule has 0 saturated carbocycles. The number of rotatable bonds is 5. The summed E-state index contributed by atoms with van der Waals surface area (Å²) in [6.45, 7) is 4.41. The number of hydrogen-bond donors (Lipinski definition) is 1. The van der Waals surface area contributed by atoms with Crippen molar-refractivity contribution in [3.05, 3.63) is 34.9 Å². The average molecular weight is 251 g/mol. The van der Waals surface area contributed by atoms with Crippen molar-refractivity contribution in [2.24, 2.45) is 0 Å². The Hall–Kier alpha value is -1.39. The first-order chi connectivity index (χ1) is 8.43. The van der Waals surface area contributed by atoms with E-state index in [0.717, 1.165) is 11.1 Å². The molecule has 1 atom stereocenters. The van der Waals surface area contributed by atoms with Crippen molar-refractivity contribution in [3.8, 4) is 0 Å². The molecule has 1 N–H and O–H groups in total. The lowest BCUT2D eigenvalue weighted by Gasteiger charge is -2.21. The van der Waals surface area contributed by atoms with E-state index in [2.05, 4.69) is 0 Å². The van der Waals surface area contributed by atoms with E-state index in [-0.39, 0.29) is 19.1 Å². The number of likely N-dealkylation sites (N-methyl/N-ethyl adjacent to an activating group) is 1. The van der Waals surface area contributed by atoms with Gasteiger partial charge in [-0.2, -0.15) is 0 Å². The minimum atomic E-state index is -0.658. The average Bonchev–Trinajstić information content (AvgIpc) is 2.26. The number of carbonyl (C=O) groups is 1. The van der Waals surface area contributed by atoms with Crippen molar-refractivity contribution in [2.75, 3.05) is 27.3 Å². The fourth-order valence-corrected chi connectivity index (χ4v) is 1.96. The highest BCUT2D eigenvalue weighted by molar-refractivity contribution is 5.94. The second kappa shape index (κ2) is 6.52. The van der Waals surface area contributed by atoms with E-state index < -0.39 is 6.10 Å². The molecule has 0 aliphatic heterocycles. The van der Waals surface area contributed by atoms with Crippen molar-refractivity contribution in [2.45, 2.75) is 20.0 Å². The lowest BCUT2D eigenvalue weighted by Crippen LogP contribution is -2.36. The Kier molecular flexibility index (Phi) is 5.31. The summed E-state index contributed by atoms with van der Waals surface area (Å²) in [5, 5.41) is 9.61. The SMILES string of the molecule is COCC(O)CN(C)C(=O)c1cc(C)cc(C)c1. The van der Waals surface area contributed by atoms with Gasteiger partial charge in [0.25, 0.3) is 5.91 Å². The standard InChI is InChI=1S/C14H21NO3/c1-10-5-11(2)7-12(6-10)14(17)15(3)8-13(16)9-18-4/h5-7,13,16H,8-9H2,1-4H3. The first-order valence-corrected chi connectivity index (χ1v) is 5.94. The number of aliphatic hydroxyl groups excluding tert-OH is 1. The molecule has 0 heterocycles. The lowest BCUT2D eigenvalue weighted by atomic mass is 10.1. The van der Waals surface area contributed by atoms with E-state index in [1.807, 2.05) is 32.0 Å². The summed E-state index contributed by atoms with van der Waals surface area (Å²) in [7, 11) is 3.20. The van der Waals surface area contributed by atoms with Gasteiger partial charge in [0.05, 0.1) is 12.7 Å². The molecule has 4 nitrogen and oxygen atoms in total. The van der Waals surface area contributed by atoms with Crippen LogP contribution in [-0.2, 0) is 4.74 Å². The summed E-state index contributed by atoms with van der Waals surface area (Å²) in [6, 6.07) is 5.74. The molecule has 1 unspecified atom stereocenters. The maximum absolute atomic E-state index is 12.2. The van der Waals surface area contributed by atoms with Gasteiger partial charge in [0, 0.05) is 26.3 Å². The number of hydrogen-bond acceptors (Lipinski definition) is 3. The molecule has 1 amide bonds. The highest BCUT2D eigenvalue weighted by atomic mass is 16.5. The Labute approximate surface area is 108 Å². The molecule has 0 fully saturated rings. The van der Waals surface area contributed by atoms with E-state index in [1.165, 1.54) is 12.0 Å². The molecule has 0 saturated heterocycles. The fraction of sp³-hybridized carbons (Fsp3) is 0.500. The second-order valence-corrected chi connectivity index (χ2v) is 4.67. The van der Waals surface area contributed by atoms with Gasteiger partial charge < -0.3 is 14.7 Å². The molecule has 0 spiro atoms. The van der Waals surface area contributed by atoms with Crippen LogP contribution in [-0.4, -0.2) is 49.3 Å². The number of amides is 1. The smallest absolute Gasteiger partial charge is 0.253 e. The predicted octanol–water partition coefficient (Wildman–Crippen LogP) is 1.38. The van der Waals surface area contributed by atoms with E-state index in [9.17, 15) is 9.90 Å². The lowest BCUT2D eigenvalue weighted by molar-refractivity contribution is 0.0380. The van der Waals surface area contributed by atoms with E-state index in [1.54, 1.807) is 7.05 Å².